The number of hydrogen-bond donors (Lipinski definition) is 1. The quantitative estimate of drug-likeness (QED) is 0.907. The van der Waals surface area contributed by atoms with Crippen molar-refractivity contribution >= 4 is 29.0 Å². The number of carbonyl (C=O) groups excluding carboxylic acids is 1. The van der Waals surface area contributed by atoms with Gasteiger partial charge < -0.3 is 4.90 Å². The molecule has 1 amide bonds. The van der Waals surface area contributed by atoms with Crippen LogP contribution in [0.3, 0.4) is 0 Å². The van der Waals surface area contributed by atoms with E-state index in [0.717, 1.165) is 25.0 Å². The second-order valence-corrected chi connectivity index (χ2v) is 7.11. The van der Waals surface area contributed by atoms with Gasteiger partial charge in [-0.3, -0.25) is 10.1 Å². The maximum Gasteiger partial charge on any atom is 0.244 e. The normalized spacial score (nSPS) is 26.1. The summed E-state index contributed by atoms with van der Waals surface area (Å²) in [6.07, 6.45) is 5.21. The third-order valence-electron chi connectivity index (χ3n) is 4.17. The number of nitrogens with zero attached hydrogens (tertiary/aromatic N) is 1. The molecule has 1 saturated carbocycles. The highest BCUT2D eigenvalue weighted by atomic mass is 32.2. The standard InChI is InChI=1S/C14H20N2OS2/c1-3-11(9-18-2)16-12(10-4-7-19-8-10)15-14(5-6-14)13(16)17/h4,7-8,11-12,15H,3,5-6,9H2,1-2H3. The largest absolute Gasteiger partial charge is 0.317 e. The monoisotopic (exact) mass is 296 g/mol. The smallest absolute Gasteiger partial charge is 0.244 e. The molecule has 2 unspecified atom stereocenters. The Balaban J connectivity index is 1.90. The molecule has 1 N–H and O–H groups in total. The van der Waals surface area contributed by atoms with Crippen LogP contribution in [0, 0.1) is 0 Å². The van der Waals surface area contributed by atoms with E-state index in [1.54, 1.807) is 11.3 Å². The first kappa shape index (κ1) is 13.5. The maximum absolute atomic E-state index is 12.7. The molecule has 0 aromatic carbocycles. The number of amides is 1. The molecule has 19 heavy (non-hydrogen) atoms. The Morgan fingerprint density at radius 2 is 2.42 bits per heavy atom. The molecule has 0 bridgehead atoms. The summed E-state index contributed by atoms with van der Waals surface area (Å²) in [6, 6.07) is 2.47. The molecular weight excluding hydrogens is 276 g/mol. The zero-order chi connectivity index (χ0) is 13.5. The van der Waals surface area contributed by atoms with Crippen molar-refractivity contribution in [1.82, 2.24) is 10.2 Å². The summed E-state index contributed by atoms with van der Waals surface area (Å²) in [4.78, 5) is 14.8. The summed E-state index contributed by atoms with van der Waals surface area (Å²) in [5, 5.41) is 7.84. The number of nitrogens with one attached hydrogen (secondary N) is 1. The molecule has 1 saturated heterocycles. The van der Waals surface area contributed by atoms with E-state index >= 15 is 0 Å². The molecule has 5 heteroatoms. The summed E-state index contributed by atoms with van der Waals surface area (Å²) in [6.45, 7) is 2.18. The fourth-order valence-corrected chi connectivity index (χ4v) is 4.34. The summed E-state index contributed by atoms with van der Waals surface area (Å²) >= 11 is 3.52. The summed E-state index contributed by atoms with van der Waals surface area (Å²) < 4.78 is 0. The Bertz CT molecular complexity index is 456. The van der Waals surface area contributed by atoms with Gasteiger partial charge in [0, 0.05) is 11.8 Å². The van der Waals surface area contributed by atoms with Crippen molar-refractivity contribution in [3.63, 3.8) is 0 Å². The minimum atomic E-state index is -0.224. The van der Waals surface area contributed by atoms with Crippen LogP contribution in [0.5, 0.6) is 0 Å². The minimum absolute atomic E-state index is 0.0818. The number of thiophene rings is 1. The van der Waals surface area contributed by atoms with Crippen molar-refractivity contribution in [1.29, 1.82) is 0 Å². The van der Waals surface area contributed by atoms with E-state index < -0.39 is 0 Å². The zero-order valence-corrected chi connectivity index (χ0v) is 13.0. The Morgan fingerprint density at radius 3 is 2.95 bits per heavy atom. The predicted octanol–water partition coefficient (Wildman–Crippen LogP) is 2.85. The maximum atomic E-state index is 12.7. The van der Waals surface area contributed by atoms with Gasteiger partial charge in [-0.2, -0.15) is 23.1 Å². The highest BCUT2D eigenvalue weighted by Gasteiger charge is 2.60. The number of carbonyl (C=O) groups is 1. The lowest BCUT2D eigenvalue weighted by atomic mass is 10.1. The summed E-state index contributed by atoms with van der Waals surface area (Å²) in [5.74, 6) is 1.34. The Hall–Kier alpha value is -0.520. The van der Waals surface area contributed by atoms with Crippen molar-refractivity contribution in [3.8, 4) is 0 Å². The minimum Gasteiger partial charge on any atom is -0.317 e. The number of hydrogen-bond acceptors (Lipinski definition) is 4. The van der Waals surface area contributed by atoms with Gasteiger partial charge in [0.05, 0.1) is 0 Å². The zero-order valence-electron chi connectivity index (χ0n) is 11.4. The molecule has 1 aliphatic heterocycles. The van der Waals surface area contributed by atoms with E-state index in [-0.39, 0.29) is 11.7 Å². The first-order valence-electron chi connectivity index (χ1n) is 6.83. The highest BCUT2D eigenvalue weighted by Crippen LogP contribution is 2.47. The van der Waals surface area contributed by atoms with Gasteiger partial charge in [0.2, 0.25) is 5.91 Å². The van der Waals surface area contributed by atoms with Crippen LogP contribution in [0.25, 0.3) is 0 Å². The van der Waals surface area contributed by atoms with Crippen molar-refractivity contribution < 1.29 is 4.79 Å². The average molecular weight is 296 g/mol. The first-order valence-corrected chi connectivity index (χ1v) is 9.17. The molecule has 1 aromatic rings. The molecule has 2 aliphatic rings. The molecular formula is C14H20N2OS2. The molecule has 1 aromatic heterocycles. The molecule has 1 spiro atoms. The van der Waals surface area contributed by atoms with E-state index in [9.17, 15) is 4.79 Å². The van der Waals surface area contributed by atoms with E-state index in [1.165, 1.54) is 5.56 Å². The first-order chi connectivity index (χ1) is 9.22. The van der Waals surface area contributed by atoms with Crippen molar-refractivity contribution in [3.05, 3.63) is 22.4 Å². The lowest BCUT2D eigenvalue weighted by molar-refractivity contribution is -0.132. The van der Waals surface area contributed by atoms with E-state index in [1.807, 2.05) is 11.8 Å². The second kappa shape index (κ2) is 5.11. The fraction of sp³-hybridized carbons (Fsp3) is 0.643. The van der Waals surface area contributed by atoms with Gasteiger partial charge in [-0.15, -0.1) is 0 Å². The van der Waals surface area contributed by atoms with Gasteiger partial charge in [0.25, 0.3) is 0 Å². The van der Waals surface area contributed by atoms with Gasteiger partial charge in [-0.25, -0.2) is 0 Å². The fourth-order valence-electron chi connectivity index (χ4n) is 2.88. The average Bonchev–Trinajstić information content (AvgIpc) is 2.88. The number of rotatable bonds is 5. The molecule has 3 rings (SSSR count). The lowest BCUT2D eigenvalue weighted by Gasteiger charge is -2.31. The van der Waals surface area contributed by atoms with Crippen LogP contribution >= 0.6 is 23.1 Å². The highest BCUT2D eigenvalue weighted by molar-refractivity contribution is 7.98. The van der Waals surface area contributed by atoms with Crippen molar-refractivity contribution in [2.24, 2.45) is 0 Å². The third kappa shape index (κ3) is 2.22. The van der Waals surface area contributed by atoms with Crippen LogP contribution < -0.4 is 5.32 Å². The van der Waals surface area contributed by atoms with Crippen LogP contribution in [0.15, 0.2) is 16.8 Å². The van der Waals surface area contributed by atoms with E-state index in [4.69, 9.17) is 0 Å². The van der Waals surface area contributed by atoms with Gasteiger partial charge in [0.15, 0.2) is 0 Å². The van der Waals surface area contributed by atoms with E-state index in [2.05, 4.69) is 40.2 Å². The topological polar surface area (TPSA) is 32.3 Å². The second-order valence-electron chi connectivity index (χ2n) is 5.42. The predicted molar refractivity (Wildman–Crippen MR) is 81.5 cm³/mol. The van der Waals surface area contributed by atoms with Gasteiger partial charge in [0.1, 0.15) is 11.7 Å². The van der Waals surface area contributed by atoms with Crippen molar-refractivity contribution in [2.75, 3.05) is 12.0 Å². The van der Waals surface area contributed by atoms with Gasteiger partial charge >= 0.3 is 0 Å². The van der Waals surface area contributed by atoms with Gasteiger partial charge in [-0.05, 0) is 47.9 Å². The molecule has 0 radical (unpaired) electrons. The Morgan fingerprint density at radius 1 is 1.63 bits per heavy atom. The summed E-state index contributed by atoms with van der Waals surface area (Å²) in [5.41, 5.74) is 1.01. The summed E-state index contributed by atoms with van der Waals surface area (Å²) in [7, 11) is 0. The van der Waals surface area contributed by atoms with Crippen LogP contribution in [-0.4, -0.2) is 34.4 Å². The molecule has 1 aliphatic carbocycles. The molecule has 2 heterocycles. The molecule has 2 fully saturated rings. The molecule has 104 valence electrons. The Labute approximate surface area is 122 Å². The van der Waals surface area contributed by atoms with E-state index in [0.29, 0.717) is 11.9 Å². The third-order valence-corrected chi connectivity index (χ3v) is 5.59. The van der Waals surface area contributed by atoms with Crippen LogP contribution in [-0.2, 0) is 4.79 Å². The van der Waals surface area contributed by atoms with Crippen molar-refractivity contribution in [2.45, 2.75) is 43.9 Å². The lowest BCUT2D eigenvalue weighted by Crippen LogP contribution is -2.41. The van der Waals surface area contributed by atoms with Gasteiger partial charge in [-0.1, -0.05) is 6.92 Å². The SMILES string of the molecule is CCC(CSC)N1C(=O)C2(CC2)NC1c1ccsc1. The Kier molecular flexibility index (Phi) is 3.62. The van der Waals surface area contributed by atoms with Crippen LogP contribution in [0.2, 0.25) is 0 Å². The molecule has 3 nitrogen and oxygen atoms in total. The molecule has 2 atom stereocenters. The van der Waals surface area contributed by atoms with Crippen LogP contribution in [0.1, 0.15) is 37.9 Å². The van der Waals surface area contributed by atoms with Crippen LogP contribution in [0.4, 0.5) is 0 Å². The number of thioether (sulfide) groups is 1.